The number of aromatic amines is 1. The number of fused-ring (bicyclic) bond motifs is 1. The molecule has 6 nitrogen and oxygen atoms in total. The number of aryl methyl sites for hydroxylation is 1. The lowest BCUT2D eigenvalue weighted by molar-refractivity contribution is 0.434. The second-order valence-electron chi connectivity index (χ2n) is 5.09. The second kappa shape index (κ2) is 4.12. The van der Waals surface area contributed by atoms with E-state index >= 15 is 0 Å². The predicted octanol–water partition coefficient (Wildman–Crippen LogP) is 0.962. The first-order valence-corrected chi connectivity index (χ1v) is 6.35. The van der Waals surface area contributed by atoms with Gasteiger partial charge in [0.1, 0.15) is 0 Å². The highest BCUT2D eigenvalue weighted by molar-refractivity contribution is 5.39. The number of nitrogens with one attached hydrogen (secondary N) is 1. The largest absolute Gasteiger partial charge is 0.341 e. The number of piperidine rings is 1. The fraction of sp³-hybridized carbons (Fsp3) is 0.583. The van der Waals surface area contributed by atoms with Crippen LogP contribution in [-0.2, 0) is 0 Å². The molecule has 0 saturated carbocycles. The van der Waals surface area contributed by atoms with Gasteiger partial charge in [0.05, 0.1) is 0 Å². The van der Waals surface area contributed by atoms with Gasteiger partial charge in [0.15, 0.2) is 0 Å². The number of H-pyrrole nitrogens is 1. The number of hydrogen-bond acceptors (Lipinski definition) is 4. The monoisotopic (exact) mass is 247 g/mol. The summed E-state index contributed by atoms with van der Waals surface area (Å²) in [5, 5.41) is 3.03. The van der Waals surface area contributed by atoms with Crippen LogP contribution in [0.15, 0.2) is 10.9 Å². The van der Waals surface area contributed by atoms with E-state index in [1.54, 1.807) is 6.92 Å². The summed E-state index contributed by atoms with van der Waals surface area (Å²) >= 11 is 0. The lowest BCUT2D eigenvalue weighted by atomic mass is 10.00. The van der Waals surface area contributed by atoms with Crippen molar-refractivity contribution in [3.05, 3.63) is 22.1 Å². The van der Waals surface area contributed by atoms with Crippen molar-refractivity contribution in [2.75, 3.05) is 18.0 Å². The van der Waals surface area contributed by atoms with Crippen molar-refractivity contribution in [3.8, 4) is 0 Å². The van der Waals surface area contributed by atoms with Gasteiger partial charge in [-0.1, -0.05) is 6.92 Å². The molecule has 2 aromatic rings. The van der Waals surface area contributed by atoms with Crippen molar-refractivity contribution in [1.82, 2.24) is 19.6 Å². The van der Waals surface area contributed by atoms with Crippen LogP contribution in [0, 0.1) is 12.8 Å². The van der Waals surface area contributed by atoms with E-state index in [0.717, 1.165) is 25.0 Å². The summed E-state index contributed by atoms with van der Waals surface area (Å²) in [6, 6.07) is 1.51. The van der Waals surface area contributed by atoms with Gasteiger partial charge in [-0.2, -0.15) is 9.50 Å². The SMILES string of the molecule is Cc1cc(=O)n2[nH]c(N3CCC(C)CC3)nc2n1. The molecule has 1 fully saturated rings. The summed E-state index contributed by atoms with van der Waals surface area (Å²) in [5.74, 6) is 1.97. The predicted molar refractivity (Wildman–Crippen MR) is 69.0 cm³/mol. The zero-order valence-corrected chi connectivity index (χ0v) is 10.7. The van der Waals surface area contributed by atoms with E-state index in [2.05, 4.69) is 26.9 Å². The third-order valence-electron chi connectivity index (χ3n) is 3.53. The highest BCUT2D eigenvalue weighted by Gasteiger charge is 2.19. The molecule has 0 unspecified atom stereocenters. The van der Waals surface area contributed by atoms with Crippen LogP contribution in [0.2, 0.25) is 0 Å². The lowest BCUT2D eigenvalue weighted by Crippen LogP contribution is -2.33. The Balaban J connectivity index is 1.98. The van der Waals surface area contributed by atoms with Crippen molar-refractivity contribution in [3.63, 3.8) is 0 Å². The van der Waals surface area contributed by atoms with E-state index < -0.39 is 0 Å². The van der Waals surface area contributed by atoms with Gasteiger partial charge in [0.2, 0.25) is 5.95 Å². The van der Waals surface area contributed by atoms with Crippen LogP contribution in [0.3, 0.4) is 0 Å². The van der Waals surface area contributed by atoms with E-state index in [4.69, 9.17) is 0 Å². The Bertz CT molecular complexity index is 621. The molecule has 18 heavy (non-hydrogen) atoms. The minimum atomic E-state index is -0.110. The number of anilines is 1. The van der Waals surface area contributed by atoms with Gasteiger partial charge in [-0.25, -0.2) is 4.98 Å². The van der Waals surface area contributed by atoms with Crippen LogP contribution in [-0.4, -0.2) is 32.7 Å². The molecular formula is C12H17N5O. The van der Waals surface area contributed by atoms with E-state index in [9.17, 15) is 4.79 Å². The normalized spacial score (nSPS) is 17.6. The van der Waals surface area contributed by atoms with Crippen LogP contribution in [0.5, 0.6) is 0 Å². The molecule has 1 saturated heterocycles. The van der Waals surface area contributed by atoms with Crippen LogP contribution in [0.1, 0.15) is 25.5 Å². The first-order chi connectivity index (χ1) is 8.63. The van der Waals surface area contributed by atoms with E-state index in [1.807, 2.05) is 0 Å². The summed E-state index contributed by atoms with van der Waals surface area (Å²) in [7, 11) is 0. The average molecular weight is 247 g/mol. The molecule has 1 aliphatic heterocycles. The summed E-state index contributed by atoms with van der Waals surface area (Å²) < 4.78 is 1.40. The first kappa shape index (κ1) is 11.3. The molecule has 0 amide bonds. The number of aromatic nitrogens is 4. The lowest BCUT2D eigenvalue weighted by Gasteiger charge is -2.29. The summed E-state index contributed by atoms with van der Waals surface area (Å²) in [5.41, 5.74) is 0.590. The van der Waals surface area contributed by atoms with Gasteiger partial charge < -0.3 is 4.90 Å². The number of nitrogens with zero attached hydrogens (tertiary/aromatic N) is 4. The summed E-state index contributed by atoms with van der Waals surface area (Å²) in [6.07, 6.45) is 2.33. The topological polar surface area (TPSA) is 66.3 Å². The molecule has 0 bridgehead atoms. The van der Waals surface area contributed by atoms with E-state index in [1.165, 1.54) is 23.4 Å². The fourth-order valence-electron chi connectivity index (χ4n) is 2.34. The Morgan fingerprint density at radius 1 is 1.33 bits per heavy atom. The number of hydrogen-bond donors (Lipinski definition) is 1. The smallest absolute Gasteiger partial charge is 0.274 e. The zero-order chi connectivity index (χ0) is 12.7. The standard InChI is InChI=1S/C12H17N5O/c1-8-3-5-16(6-4-8)12-14-11-13-9(2)7-10(18)17(11)15-12/h7-8H,3-6H2,1-2H3,(H,13,14,15). The third-order valence-corrected chi connectivity index (χ3v) is 3.53. The van der Waals surface area contributed by atoms with Gasteiger partial charge in [0, 0.05) is 24.8 Å². The molecule has 0 radical (unpaired) electrons. The maximum Gasteiger partial charge on any atom is 0.274 e. The molecular weight excluding hydrogens is 230 g/mol. The maximum absolute atomic E-state index is 11.8. The third kappa shape index (κ3) is 1.87. The quantitative estimate of drug-likeness (QED) is 0.815. The Morgan fingerprint density at radius 2 is 2.06 bits per heavy atom. The van der Waals surface area contributed by atoms with E-state index in [-0.39, 0.29) is 5.56 Å². The average Bonchev–Trinajstić information content (AvgIpc) is 2.74. The summed E-state index contributed by atoms with van der Waals surface area (Å²) in [6.45, 7) is 6.03. The van der Waals surface area contributed by atoms with Gasteiger partial charge in [-0.15, -0.1) is 0 Å². The van der Waals surface area contributed by atoms with Gasteiger partial charge in [-0.05, 0) is 25.7 Å². The highest BCUT2D eigenvalue weighted by atomic mass is 16.1. The number of rotatable bonds is 1. The zero-order valence-electron chi connectivity index (χ0n) is 10.7. The Morgan fingerprint density at radius 3 is 2.78 bits per heavy atom. The highest BCUT2D eigenvalue weighted by Crippen LogP contribution is 2.19. The van der Waals surface area contributed by atoms with Crippen molar-refractivity contribution in [2.24, 2.45) is 5.92 Å². The van der Waals surface area contributed by atoms with Gasteiger partial charge in [0.25, 0.3) is 11.3 Å². The Hall–Kier alpha value is -1.85. The molecule has 6 heteroatoms. The molecule has 3 rings (SSSR count). The second-order valence-corrected chi connectivity index (χ2v) is 5.09. The van der Waals surface area contributed by atoms with Crippen molar-refractivity contribution in [2.45, 2.75) is 26.7 Å². The minimum Gasteiger partial charge on any atom is -0.341 e. The van der Waals surface area contributed by atoms with Crippen LogP contribution in [0.4, 0.5) is 5.95 Å². The Kier molecular flexibility index (Phi) is 2.57. The van der Waals surface area contributed by atoms with Crippen molar-refractivity contribution in [1.29, 1.82) is 0 Å². The van der Waals surface area contributed by atoms with Crippen LogP contribution >= 0.6 is 0 Å². The minimum absolute atomic E-state index is 0.110. The summed E-state index contributed by atoms with van der Waals surface area (Å²) in [4.78, 5) is 22.6. The maximum atomic E-state index is 11.8. The Labute approximate surface area is 105 Å². The molecule has 1 aliphatic rings. The molecule has 1 N–H and O–H groups in total. The molecule has 0 aromatic carbocycles. The van der Waals surface area contributed by atoms with E-state index in [0.29, 0.717) is 11.5 Å². The molecule has 0 spiro atoms. The molecule has 0 aliphatic carbocycles. The van der Waals surface area contributed by atoms with Crippen molar-refractivity contribution < 1.29 is 0 Å². The molecule has 0 atom stereocenters. The van der Waals surface area contributed by atoms with Crippen LogP contribution < -0.4 is 10.5 Å². The van der Waals surface area contributed by atoms with Crippen LogP contribution in [0.25, 0.3) is 5.78 Å². The van der Waals surface area contributed by atoms with Crippen molar-refractivity contribution >= 4 is 11.7 Å². The first-order valence-electron chi connectivity index (χ1n) is 6.35. The van der Waals surface area contributed by atoms with Gasteiger partial charge >= 0.3 is 0 Å². The fourth-order valence-corrected chi connectivity index (χ4v) is 2.34. The molecule has 3 heterocycles. The van der Waals surface area contributed by atoms with Gasteiger partial charge in [-0.3, -0.25) is 9.89 Å². The molecule has 2 aromatic heterocycles. The molecule has 96 valence electrons.